The minimum absolute atomic E-state index is 0.0381. The summed E-state index contributed by atoms with van der Waals surface area (Å²) in [7, 11) is 9.67. The zero-order valence-electron chi connectivity index (χ0n) is 75.3. The highest BCUT2D eigenvalue weighted by atomic mass is 35.5. The number of fused-ring (bicyclic) bond motifs is 6. The van der Waals surface area contributed by atoms with E-state index in [9.17, 15) is 63.3 Å². The number of nitrogens with two attached hydrogens (primary N) is 3. The van der Waals surface area contributed by atoms with Crippen LogP contribution in [0.4, 0.5) is 15.3 Å². The standard InChI is InChI=1S/C90H123ClN16O21S4/c1-50-22-21-28-71(125-9)90(123)45-70(126-88(122)105-90)51(2)77-89(5,128-77)72(44-74(111)107(7)68-41-56(38-50)42-69(124-8)75(68)91)127-86(120)52(3)106(6)73(110)33-37-129-130-47-65(78(94)112)101-84(118)67-49-132-131-48-66(102-79(113)60(93)39-54-23-13-12-14-24-54)83(117)99-63(40-55-29-31-58(109)32-30-55)81(115)100-64(43-57-46-97-61-26-16-15-25-59(57)61)82(116)98-62(80(114)104-76(53(4)108)85(119)103-67)27-17-20-36-96-87(121)95-35-19-11-10-18-34-92/h12-16,21-26,28-32,41-42,46,51-53,60,62-67,70-72,76-77,97,108-109,123H,10-11,17-20,27,33-40,43-45,47-49,92-93H2,1-9H3,(H2,94,112)(H,98,116)(H,99,117)(H,100,115)(H,101,118)(H,102,113)(H,103,119)(H,104,114)(H,105,122)(H2,95,96,121)/b28-21+,50-22+/t51-,52+,53-,60-,62+,63+,64-,65+,66+,67+,70+,71-,72+,76+,77+,89-,90+/m1/s1. The number of hydrogen-bond donors (Lipinski definition) is 17. The van der Waals surface area contributed by atoms with Gasteiger partial charge in [0.1, 0.15) is 88.8 Å². The van der Waals surface area contributed by atoms with E-state index in [-0.39, 0.29) is 97.4 Å². The second-order valence-corrected chi connectivity index (χ2v) is 39.0. The second kappa shape index (κ2) is 50.7. The van der Waals surface area contributed by atoms with Crippen LogP contribution in [0.15, 0.2) is 121 Å². The minimum atomic E-state index is -1.96. The van der Waals surface area contributed by atoms with Crippen LogP contribution in [0.2, 0.25) is 5.02 Å². The Hall–Kier alpha value is -10.3. The first kappa shape index (κ1) is 105. The normalized spacial score (nSPS) is 25.3. The van der Waals surface area contributed by atoms with E-state index in [1.54, 1.807) is 98.9 Å². The molecule has 5 aromatic rings. The lowest BCUT2D eigenvalue weighted by atomic mass is 9.83. The number of phenols is 1. The Labute approximate surface area is 787 Å². The molecule has 20 N–H and O–H groups in total. The van der Waals surface area contributed by atoms with Crippen molar-refractivity contribution in [3.63, 3.8) is 0 Å². The molecule has 132 heavy (non-hydrogen) atoms. The van der Waals surface area contributed by atoms with Crippen molar-refractivity contribution >= 4 is 149 Å². The second-order valence-electron chi connectivity index (χ2n) is 33.4. The van der Waals surface area contributed by atoms with Crippen molar-refractivity contribution in [3.05, 3.63) is 148 Å². The van der Waals surface area contributed by atoms with Gasteiger partial charge in [0.15, 0.2) is 5.72 Å². The largest absolute Gasteiger partial charge is 0.508 e. The quantitative estimate of drug-likeness (QED) is 0.0119. The van der Waals surface area contributed by atoms with E-state index in [0.29, 0.717) is 52.7 Å². The van der Waals surface area contributed by atoms with E-state index >= 15 is 14.4 Å². The third-order valence-electron chi connectivity index (χ3n) is 23.4. The number of amides is 13. The fraction of sp³-hybridized carbons (Fsp3) is 0.522. The fourth-order valence-corrected chi connectivity index (χ4v) is 20.2. The van der Waals surface area contributed by atoms with E-state index in [4.69, 9.17) is 52.5 Å². The van der Waals surface area contributed by atoms with Crippen LogP contribution in [0.25, 0.3) is 10.9 Å². The van der Waals surface area contributed by atoms with E-state index in [1.165, 1.54) is 71.3 Å². The van der Waals surface area contributed by atoms with Crippen molar-refractivity contribution < 1.29 is 101 Å². The number of halogens is 1. The lowest BCUT2D eigenvalue weighted by Gasteiger charge is -2.42. The van der Waals surface area contributed by atoms with Crippen molar-refractivity contribution in [1.82, 2.24) is 63.1 Å². The summed E-state index contributed by atoms with van der Waals surface area (Å²) in [5, 5.41) is 61.6. The number of hydrogen-bond acceptors (Lipinski definition) is 27. The molecular formula is C90H123ClN16O21S4. The molecule has 4 aromatic carbocycles. The third-order valence-corrected chi connectivity index (χ3v) is 28.6. The number of phenolic OH excluding ortho intramolecular Hbond substituents is 1. The first-order valence-corrected chi connectivity index (χ1v) is 49.1. The van der Waals surface area contributed by atoms with Crippen LogP contribution in [-0.4, -0.2) is 270 Å². The Morgan fingerprint density at radius 2 is 1.46 bits per heavy atom. The average molecular weight is 1930 g/mol. The number of anilines is 1. The average Bonchev–Trinajstić information content (AvgIpc) is 1.57. The zero-order chi connectivity index (χ0) is 96.1. The van der Waals surface area contributed by atoms with Crippen LogP contribution in [-0.2, 0) is 97.4 Å². The Morgan fingerprint density at radius 1 is 0.803 bits per heavy atom. The van der Waals surface area contributed by atoms with Crippen LogP contribution in [0.1, 0.15) is 121 Å². The molecular weight excluding hydrogens is 1800 g/mol. The van der Waals surface area contributed by atoms with Gasteiger partial charge in [-0.05, 0) is 132 Å². The third kappa shape index (κ3) is 30.3. The molecule has 1 aromatic heterocycles. The highest BCUT2D eigenvalue weighted by molar-refractivity contribution is 8.77. The number of nitrogens with one attached hydrogen (secondary N) is 11. The molecule has 3 saturated heterocycles. The number of unbranched alkanes of at least 4 members (excludes halogenated alkanes) is 4. The smallest absolute Gasteiger partial charge is 0.409 e. The van der Waals surface area contributed by atoms with Gasteiger partial charge in [-0.3, -0.25) is 53.3 Å². The van der Waals surface area contributed by atoms with Gasteiger partial charge in [0.2, 0.25) is 59.1 Å². The number of benzene rings is 4. The number of carbonyl (C=O) groups excluding carboxylic acids is 13. The topological polar surface area (TPSA) is 553 Å². The van der Waals surface area contributed by atoms with Gasteiger partial charge in [-0.25, -0.2) is 14.4 Å². The molecule has 0 aliphatic carbocycles. The van der Waals surface area contributed by atoms with E-state index in [1.807, 2.05) is 13.0 Å². The van der Waals surface area contributed by atoms with Crippen LogP contribution < -0.4 is 80.0 Å². The van der Waals surface area contributed by atoms with Crippen LogP contribution in [0.5, 0.6) is 11.5 Å². The summed E-state index contributed by atoms with van der Waals surface area (Å²) < 4.78 is 29.7. The SMILES string of the molecule is COc1cc2cc(c1Cl)N(C)C(=O)C[C@H](OC(=O)[C@H](C)N(C)C(=O)CCSSC[C@H](NC(=O)[C@@H]1CSSC[C@H](NC(=O)[C@H](N)Cc3ccccc3)C(=O)N[C@@H](Cc3ccc(O)cc3)C(=O)N[C@H](Cc3c[nH]c4ccccc34)C(=O)N[C@@H](CCCCNC(=O)NCCCCCCN)C(=O)N[C@@H]([C@@H](C)O)C(=O)N1)C(N)=O)[C@@]1(C)O[C@H]1[C@H](C)[C@@H]1C[C@@](O)(NC(=O)O1)[C@H](OC)/C=C/C=C(\C)C2. The number of likely N-dealkylation sites (N-methyl/N-ethyl adjacent to an activating group) is 1. The lowest BCUT2D eigenvalue weighted by Crippen LogP contribution is -2.63. The molecule has 13 amide bonds. The monoisotopic (exact) mass is 1930 g/mol. The van der Waals surface area contributed by atoms with Crippen LogP contribution in [0.3, 0.4) is 0 Å². The van der Waals surface area contributed by atoms with Gasteiger partial charge in [0, 0.05) is 106 Å². The Kier molecular flexibility index (Phi) is 40.4. The number of alkyl carbamates (subject to hydrolysis) is 1. The van der Waals surface area contributed by atoms with Gasteiger partial charge in [-0.15, -0.1) is 0 Å². The molecule has 0 spiro atoms. The van der Waals surface area contributed by atoms with E-state index < -0.39 is 191 Å². The zero-order valence-corrected chi connectivity index (χ0v) is 79.3. The van der Waals surface area contributed by atoms with Gasteiger partial charge in [-0.2, -0.15) is 0 Å². The molecule has 4 aliphatic heterocycles. The van der Waals surface area contributed by atoms with Gasteiger partial charge in [0.25, 0.3) is 0 Å². The number of ether oxygens (including phenoxy) is 5. The van der Waals surface area contributed by atoms with Crippen LogP contribution in [0, 0.1) is 5.92 Å². The highest BCUT2D eigenvalue weighted by Crippen LogP contribution is 2.50. The summed E-state index contributed by atoms with van der Waals surface area (Å²) in [6.07, 6.45) is 2.57. The number of para-hydroxylation sites is 1. The maximum atomic E-state index is 15.3. The van der Waals surface area contributed by atoms with E-state index in [2.05, 4.69) is 58.2 Å². The van der Waals surface area contributed by atoms with Crippen LogP contribution >= 0.6 is 54.8 Å². The van der Waals surface area contributed by atoms with Gasteiger partial charge >= 0.3 is 18.1 Å². The number of H-pyrrole nitrogens is 1. The molecule has 17 atom stereocenters. The van der Waals surface area contributed by atoms with Crippen molar-refractivity contribution in [2.45, 2.75) is 221 Å². The number of allylic oxidation sites excluding steroid dienone is 3. The summed E-state index contributed by atoms with van der Waals surface area (Å²) in [4.78, 5) is 193. The Balaban J connectivity index is 0.927. The Morgan fingerprint density at radius 3 is 2.15 bits per heavy atom. The first-order chi connectivity index (χ1) is 62.9. The number of primary amides is 1. The van der Waals surface area contributed by atoms with Crippen molar-refractivity contribution in [3.8, 4) is 11.5 Å². The molecule has 9 rings (SSSR count). The maximum absolute atomic E-state index is 15.3. The lowest BCUT2D eigenvalue weighted by molar-refractivity contribution is -0.162. The summed E-state index contributed by atoms with van der Waals surface area (Å²) in [5.74, 6) is -11.1. The van der Waals surface area contributed by atoms with Crippen molar-refractivity contribution in [1.29, 1.82) is 0 Å². The summed E-state index contributed by atoms with van der Waals surface area (Å²) in [5.41, 5.74) is 18.9. The molecule has 5 heterocycles. The van der Waals surface area contributed by atoms with Gasteiger partial charge < -0.3 is 119 Å². The molecule has 4 bridgehead atoms. The van der Waals surface area contributed by atoms with Gasteiger partial charge in [-0.1, -0.05) is 159 Å². The molecule has 37 nitrogen and oxygen atoms in total. The number of methoxy groups -OCH3 is 2. The predicted octanol–water partition coefficient (Wildman–Crippen LogP) is 4.17. The van der Waals surface area contributed by atoms with Gasteiger partial charge in [0.05, 0.1) is 37.5 Å². The molecule has 4 aliphatic rings. The molecule has 0 unspecified atom stereocenters. The van der Waals surface area contributed by atoms with Crippen molar-refractivity contribution in [2.75, 3.05) is 75.9 Å². The van der Waals surface area contributed by atoms with Crippen molar-refractivity contribution in [2.24, 2.45) is 23.1 Å². The Bertz CT molecular complexity index is 4910. The summed E-state index contributed by atoms with van der Waals surface area (Å²) >= 11 is 6.90. The molecule has 720 valence electrons. The fourth-order valence-electron chi connectivity index (χ4n) is 15.4. The highest BCUT2D eigenvalue weighted by Gasteiger charge is 2.65. The number of aliphatic hydroxyl groups is 2. The predicted molar refractivity (Wildman–Crippen MR) is 505 cm³/mol. The number of aromatic nitrogens is 1. The number of aliphatic hydroxyl groups excluding tert-OH is 1. The van der Waals surface area contributed by atoms with E-state index in [0.717, 1.165) is 79.3 Å². The molecule has 0 radical (unpaired) electrons. The number of aromatic amines is 1. The summed E-state index contributed by atoms with van der Waals surface area (Å²) in [6, 6.07) is 11.2. The number of nitrogens with zero attached hydrogens (tertiary/aromatic N) is 2. The minimum Gasteiger partial charge on any atom is -0.508 e. The number of urea groups is 1. The number of esters is 1. The number of aromatic hydroxyl groups is 1. The first-order valence-electron chi connectivity index (χ1n) is 43.7. The number of carbonyl (C=O) groups is 13. The number of epoxide rings is 1. The number of rotatable bonds is 34. The molecule has 42 heteroatoms. The molecule has 3 fully saturated rings. The maximum Gasteiger partial charge on any atom is 0.409 e. The summed E-state index contributed by atoms with van der Waals surface area (Å²) in [6.45, 7) is 8.95. The molecule has 0 saturated carbocycles.